The van der Waals surface area contributed by atoms with E-state index in [1.54, 1.807) is 18.2 Å². The number of ketones is 1. The van der Waals surface area contributed by atoms with E-state index >= 15 is 0 Å². The van der Waals surface area contributed by atoms with Crippen LogP contribution in [0.4, 0.5) is 0 Å². The van der Waals surface area contributed by atoms with Gasteiger partial charge in [0.05, 0.1) is 0 Å². The van der Waals surface area contributed by atoms with Crippen LogP contribution in [0.2, 0.25) is 0 Å². The first-order chi connectivity index (χ1) is 8.65. The molecule has 0 fully saturated rings. The van der Waals surface area contributed by atoms with Gasteiger partial charge in [0.15, 0.2) is 5.78 Å². The molecule has 90 valence electrons. The van der Waals surface area contributed by atoms with Crippen LogP contribution in [0, 0.1) is 6.92 Å². The van der Waals surface area contributed by atoms with Gasteiger partial charge in [-0.15, -0.1) is 0 Å². The molecule has 0 aliphatic heterocycles. The fourth-order valence-corrected chi connectivity index (χ4v) is 1.57. The molecular formula is C16H14O2. The molecule has 0 saturated heterocycles. The molecule has 2 heteroatoms. The molecule has 2 nitrogen and oxygen atoms in total. The number of phenolic OH excluding ortho intramolecular Hbond substituents is 1. The summed E-state index contributed by atoms with van der Waals surface area (Å²) < 4.78 is 0. The number of phenols is 1. The average Bonchev–Trinajstić information content (AvgIpc) is 2.38. The van der Waals surface area contributed by atoms with Crippen LogP contribution in [-0.4, -0.2) is 10.9 Å². The van der Waals surface area contributed by atoms with Gasteiger partial charge in [-0.1, -0.05) is 35.9 Å². The molecule has 1 N–H and O–H groups in total. The van der Waals surface area contributed by atoms with Gasteiger partial charge in [-0.2, -0.15) is 0 Å². The van der Waals surface area contributed by atoms with Gasteiger partial charge < -0.3 is 5.11 Å². The van der Waals surface area contributed by atoms with Crippen LogP contribution in [0.1, 0.15) is 21.5 Å². The summed E-state index contributed by atoms with van der Waals surface area (Å²) in [5.41, 5.74) is 2.75. The van der Waals surface area contributed by atoms with Crippen LogP contribution in [0.3, 0.4) is 0 Å². The van der Waals surface area contributed by atoms with Crippen molar-refractivity contribution < 1.29 is 9.90 Å². The van der Waals surface area contributed by atoms with E-state index in [4.69, 9.17) is 5.11 Å². The van der Waals surface area contributed by atoms with E-state index in [9.17, 15) is 4.79 Å². The van der Waals surface area contributed by atoms with Gasteiger partial charge in [-0.3, -0.25) is 4.79 Å². The van der Waals surface area contributed by atoms with Gasteiger partial charge in [-0.25, -0.2) is 0 Å². The summed E-state index contributed by atoms with van der Waals surface area (Å²) >= 11 is 0. The first-order valence-electron chi connectivity index (χ1n) is 5.73. The third-order valence-corrected chi connectivity index (χ3v) is 2.66. The topological polar surface area (TPSA) is 37.3 Å². The second-order valence-corrected chi connectivity index (χ2v) is 4.16. The standard InChI is InChI=1S/C16H14O2/c1-12-2-4-13(5-3-12)6-11-16(18)14-7-9-15(17)10-8-14/h2-11,17H,1H3/b11-6+. The molecule has 0 heterocycles. The van der Waals surface area contributed by atoms with Crippen molar-refractivity contribution in [2.75, 3.05) is 0 Å². The van der Waals surface area contributed by atoms with Crippen LogP contribution < -0.4 is 0 Å². The Morgan fingerprint density at radius 3 is 2.22 bits per heavy atom. The maximum atomic E-state index is 11.8. The summed E-state index contributed by atoms with van der Waals surface area (Å²) in [7, 11) is 0. The van der Waals surface area contributed by atoms with Crippen molar-refractivity contribution in [2.24, 2.45) is 0 Å². The molecule has 2 aromatic rings. The third-order valence-electron chi connectivity index (χ3n) is 2.66. The molecule has 0 aliphatic rings. The van der Waals surface area contributed by atoms with E-state index < -0.39 is 0 Å². The van der Waals surface area contributed by atoms with E-state index in [1.807, 2.05) is 31.2 Å². The van der Waals surface area contributed by atoms with Gasteiger partial charge in [0.25, 0.3) is 0 Å². The van der Waals surface area contributed by atoms with Crippen molar-refractivity contribution in [1.29, 1.82) is 0 Å². The van der Waals surface area contributed by atoms with Crippen molar-refractivity contribution in [3.05, 3.63) is 71.3 Å². The maximum Gasteiger partial charge on any atom is 0.185 e. The minimum atomic E-state index is -0.0735. The Morgan fingerprint density at radius 2 is 1.61 bits per heavy atom. The zero-order chi connectivity index (χ0) is 13.0. The Kier molecular flexibility index (Phi) is 3.58. The van der Waals surface area contributed by atoms with Gasteiger partial charge in [0.2, 0.25) is 0 Å². The van der Waals surface area contributed by atoms with Crippen molar-refractivity contribution in [3.63, 3.8) is 0 Å². The van der Waals surface area contributed by atoms with Crippen LogP contribution in [0.15, 0.2) is 54.6 Å². The highest BCUT2D eigenvalue weighted by molar-refractivity contribution is 6.06. The van der Waals surface area contributed by atoms with Gasteiger partial charge in [0.1, 0.15) is 5.75 Å². The molecule has 0 amide bonds. The largest absolute Gasteiger partial charge is 0.508 e. The first kappa shape index (κ1) is 12.1. The Hall–Kier alpha value is -2.35. The molecule has 0 saturated carbocycles. The van der Waals surface area contributed by atoms with Gasteiger partial charge in [0, 0.05) is 5.56 Å². The Bertz CT molecular complexity index is 563. The highest BCUT2D eigenvalue weighted by Gasteiger charge is 2.00. The molecule has 2 aromatic carbocycles. The van der Waals surface area contributed by atoms with E-state index in [1.165, 1.54) is 23.8 Å². The molecule has 0 aromatic heterocycles. The van der Waals surface area contributed by atoms with Gasteiger partial charge >= 0.3 is 0 Å². The normalized spacial score (nSPS) is 10.7. The summed E-state index contributed by atoms with van der Waals surface area (Å²) in [4.78, 5) is 11.8. The lowest BCUT2D eigenvalue weighted by Crippen LogP contribution is -1.92. The number of benzene rings is 2. The Balaban J connectivity index is 2.11. The number of hydrogen-bond acceptors (Lipinski definition) is 2. The lowest BCUT2D eigenvalue weighted by molar-refractivity contribution is 0.104. The zero-order valence-electron chi connectivity index (χ0n) is 10.1. The number of aromatic hydroxyl groups is 1. The molecule has 18 heavy (non-hydrogen) atoms. The summed E-state index contributed by atoms with van der Waals surface area (Å²) in [6, 6.07) is 14.2. The monoisotopic (exact) mass is 238 g/mol. The third kappa shape index (κ3) is 3.08. The average molecular weight is 238 g/mol. The maximum absolute atomic E-state index is 11.8. The molecule has 0 radical (unpaired) electrons. The van der Waals surface area contributed by atoms with Crippen LogP contribution >= 0.6 is 0 Å². The smallest absolute Gasteiger partial charge is 0.185 e. The fourth-order valence-electron chi connectivity index (χ4n) is 1.57. The highest BCUT2D eigenvalue weighted by Crippen LogP contribution is 2.11. The number of carbonyl (C=O) groups excluding carboxylic acids is 1. The zero-order valence-corrected chi connectivity index (χ0v) is 10.1. The second kappa shape index (κ2) is 5.32. The lowest BCUT2D eigenvalue weighted by Gasteiger charge is -1.97. The summed E-state index contributed by atoms with van der Waals surface area (Å²) in [5.74, 6) is 0.0876. The number of allylic oxidation sites excluding steroid dienone is 1. The second-order valence-electron chi connectivity index (χ2n) is 4.16. The van der Waals surface area contributed by atoms with Gasteiger partial charge in [-0.05, 0) is 42.8 Å². The number of hydrogen-bond donors (Lipinski definition) is 1. The molecule has 0 unspecified atom stereocenters. The fraction of sp³-hybridized carbons (Fsp3) is 0.0625. The number of rotatable bonds is 3. The first-order valence-corrected chi connectivity index (χ1v) is 5.73. The summed E-state index contributed by atoms with van der Waals surface area (Å²) in [5, 5.41) is 9.14. The predicted molar refractivity (Wildman–Crippen MR) is 72.7 cm³/mol. The molecule has 2 rings (SSSR count). The van der Waals surface area contributed by atoms with Crippen LogP contribution in [0.25, 0.3) is 6.08 Å². The Morgan fingerprint density at radius 1 is 1.00 bits per heavy atom. The van der Waals surface area contributed by atoms with E-state index in [2.05, 4.69) is 0 Å². The molecule has 0 spiro atoms. The number of carbonyl (C=O) groups is 1. The predicted octanol–water partition coefficient (Wildman–Crippen LogP) is 3.60. The number of aryl methyl sites for hydroxylation is 1. The lowest BCUT2D eigenvalue weighted by atomic mass is 10.1. The molecular weight excluding hydrogens is 224 g/mol. The van der Waals surface area contributed by atoms with E-state index in [0.717, 1.165) is 5.56 Å². The van der Waals surface area contributed by atoms with E-state index in [-0.39, 0.29) is 11.5 Å². The minimum absolute atomic E-state index is 0.0735. The Labute approximate surface area is 106 Å². The van der Waals surface area contributed by atoms with Crippen molar-refractivity contribution in [3.8, 4) is 5.75 Å². The van der Waals surface area contributed by atoms with Crippen LogP contribution in [0.5, 0.6) is 5.75 Å². The van der Waals surface area contributed by atoms with Crippen molar-refractivity contribution >= 4 is 11.9 Å². The van der Waals surface area contributed by atoms with Crippen molar-refractivity contribution in [1.82, 2.24) is 0 Å². The molecule has 0 aliphatic carbocycles. The molecule has 0 bridgehead atoms. The SMILES string of the molecule is Cc1ccc(/C=C/C(=O)c2ccc(O)cc2)cc1. The summed E-state index contributed by atoms with van der Waals surface area (Å²) in [6.45, 7) is 2.02. The minimum Gasteiger partial charge on any atom is -0.508 e. The quantitative estimate of drug-likeness (QED) is 0.655. The van der Waals surface area contributed by atoms with Crippen LogP contribution in [-0.2, 0) is 0 Å². The highest BCUT2D eigenvalue weighted by atomic mass is 16.3. The molecule has 0 atom stereocenters. The van der Waals surface area contributed by atoms with Crippen molar-refractivity contribution in [2.45, 2.75) is 6.92 Å². The summed E-state index contributed by atoms with van der Waals surface area (Å²) in [6.07, 6.45) is 3.33. The van der Waals surface area contributed by atoms with E-state index in [0.29, 0.717) is 5.56 Å².